The van der Waals surface area contributed by atoms with Crippen LogP contribution in [0.5, 0.6) is 0 Å². The number of hydrogen-bond donors (Lipinski definition) is 0. The van der Waals surface area contributed by atoms with E-state index in [1.54, 1.807) is 17.8 Å². The molecular formula is C17H19N3OS2. The summed E-state index contributed by atoms with van der Waals surface area (Å²) in [6.07, 6.45) is 0.819. The molecule has 0 radical (unpaired) electrons. The number of rotatable bonds is 4. The molecule has 1 aromatic carbocycles. The second kappa shape index (κ2) is 6.45. The van der Waals surface area contributed by atoms with Crippen LogP contribution in [-0.2, 0) is 12.2 Å². The summed E-state index contributed by atoms with van der Waals surface area (Å²) < 4.78 is 1.40. The third-order valence-electron chi connectivity index (χ3n) is 3.61. The molecule has 0 N–H and O–H groups in total. The Bertz CT molecular complexity index is 904. The molecule has 3 rings (SSSR count). The molecule has 0 spiro atoms. The lowest BCUT2D eigenvalue weighted by atomic mass is 10.1. The van der Waals surface area contributed by atoms with Crippen molar-refractivity contribution in [2.45, 2.75) is 44.8 Å². The molecule has 23 heavy (non-hydrogen) atoms. The standard InChI is InChI=1S/C17H19N3OS2/c1-5-14-19-20-15(21)8-13(18-17(20)23-14)9-22-16-11(3)6-10(2)7-12(16)4/h6-8H,5,9H2,1-4H3. The van der Waals surface area contributed by atoms with Crippen LogP contribution < -0.4 is 5.56 Å². The van der Waals surface area contributed by atoms with Crippen molar-refractivity contribution in [3.05, 3.63) is 55.9 Å². The molecule has 0 aliphatic heterocycles. The molecule has 0 bridgehead atoms. The van der Waals surface area contributed by atoms with Crippen LogP contribution in [0.4, 0.5) is 0 Å². The van der Waals surface area contributed by atoms with Crippen molar-refractivity contribution in [1.29, 1.82) is 0 Å². The Kier molecular flexibility index (Phi) is 4.55. The van der Waals surface area contributed by atoms with E-state index in [-0.39, 0.29) is 5.56 Å². The monoisotopic (exact) mass is 345 g/mol. The number of aryl methyl sites for hydroxylation is 4. The van der Waals surface area contributed by atoms with Gasteiger partial charge in [-0.25, -0.2) is 4.98 Å². The highest BCUT2D eigenvalue weighted by Gasteiger charge is 2.10. The lowest BCUT2D eigenvalue weighted by molar-refractivity contribution is 0.852. The lowest BCUT2D eigenvalue weighted by Crippen LogP contribution is -2.15. The molecule has 0 unspecified atom stereocenters. The Balaban J connectivity index is 1.89. The van der Waals surface area contributed by atoms with Gasteiger partial charge in [-0.15, -0.1) is 11.8 Å². The Hall–Kier alpha value is -1.66. The fourth-order valence-corrected chi connectivity index (χ4v) is 4.52. The minimum absolute atomic E-state index is 0.0982. The highest BCUT2D eigenvalue weighted by Crippen LogP contribution is 2.29. The van der Waals surface area contributed by atoms with E-state index in [4.69, 9.17) is 0 Å². The van der Waals surface area contributed by atoms with Gasteiger partial charge in [-0.05, 0) is 38.3 Å². The molecule has 0 saturated carbocycles. The van der Waals surface area contributed by atoms with Crippen molar-refractivity contribution in [3.8, 4) is 0 Å². The quantitative estimate of drug-likeness (QED) is 0.672. The summed E-state index contributed by atoms with van der Waals surface area (Å²) >= 11 is 3.23. The number of fused-ring (bicyclic) bond motifs is 1. The number of nitrogens with zero attached hydrogens (tertiary/aromatic N) is 3. The van der Waals surface area contributed by atoms with Crippen molar-refractivity contribution in [2.75, 3.05) is 0 Å². The smallest absolute Gasteiger partial charge is 0.267 e. The number of aromatic nitrogens is 3. The van der Waals surface area contributed by atoms with Gasteiger partial charge >= 0.3 is 0 Å². The average molecular weight is 345 g/mol. The van der Waals surface area contributed by atoms with Gasteiger partial charge in [0.25, 0.3) is 5.56 Å². The molecule has 0 fully saturated rings. The Morgan fingerprint density at radius 2 is 1.87 bits per heavy atom. The van der Waals surface area contributed by atoms with Gasteiger partial charge in [0.15, 0.2) is 0 Å². The molecule has 0 aliphatic carbocycles. The topological polar surface area (TPSA) is 47.3 Å². The Labute approximate surface area is 143 Å². The van der Waals surface area contributed by atoms with Crippen molar-refractivity contribution >= 4 is 28.1 Å². The van der Waals surface area contributed by atoms with E-state index in [1.807, 2.05) is 6.92 Å². The summed E-state index contributed by atoms with van der Waals surface area (Å²) in [6, 6.07) is 5.98. The summed E-state index contributed by atoms with van der Waals surface area (Å²) in [5.74, 6) is 0.690. The fourth-order valence-electron chi connectivity index (χ4n) is 2.65. The average Bonchev–Trinajstić information content (AvgIpc) is 2.90. The minimum Gasteiger partial charge on any atom is -0.267 e. The van der Waals surface area contributed by atoms with Gasteiger partial charge in [-0.1, -0.05) is 36.0 Å². The number of hydrogen-bond acceptors (Lipinski definition) is 5. The lowest BCUT2D eigenvalue weighted by Gasteiger charge is -2.10. The molecule has 120 valence electrons. The third-order valence-corrected chi connectivity index (χ3v) is 6.04. The third kappa shape index (κ3) is 3.33. The van der Waals surface area contributed by atoms with Crippen LogP contribution in [0.1, 0.15) is 34.3 Å². The maximum atomic E-state index is 12.2. The molecule has 4 nitrogen and oxygen atoms in total. The maximum absolute atomic E-state index is 12.2. The van der Waals surface area contributed by atoms with Crippen molar-refractivity contribution in [1.82, 2.24) is 14.6 Å². The maximum Gasteiger partial charge on any atom is 0.275 e. The largest absolute Gasteiger partial charge is 0.275 e. The highest BCUT2D eigenvalue weighted by molar-refractivity contribution is 7.98. The molecule has 0 aliphatic rings. The first kappa shape index (κ1) is 16.2. The summed E-state index contributed by atoms with van der Waals surface area (Å²) in [5.41, 5.74) is 4.54. The zero-order valence-electron chi connectivity index (χ0n) is 13.7. The van der Waals surface area contributed by atoms with E-state index in [2.05, 4.69) is 43.0 Å². The van der Waals surface area contributed by atoms with E-state index < -0.39 is 0 Å². The van der Waals surface area contributed by atoms with E-state index in [9.17, 15) is 4.79 Å². The number of thioether (sulfide) groups is 1. The van der Waals surface area contributed by atoms with Crippen molar-refractivity contribution in [2.24, 2.45) is 0 Å². The minimum atomic E-state index is -0.0982. The van der Waals surface area contributed by atoms with Crippen LogP contribution in [0, 0.1) is 20.8 Å². The zero-order valence-corrected chi connectivity index (χ0v) is 15.3. The molecule has 0 saturated heterocycles. The van der Waals surface area contributed by atoms with Gasteiger partial charge in [0, 0.05) is 16.7 Å². The van der Waals surface area contributed by atoms with E-state index in [1.165, 1.54) is 37.4 Å². The highest BCUT2D eigenvalue weighted by atomic mass is 32.2. The molecular weight excluding hydrogens is 326 g/mol. The first-order valence-corrected chi connectivity index (χ1v) is 9.37. The summed E-state index contributed by atoms with van der Waals surface area (Å²) in [7, 11) is 0. The number of benzene rings is 1. The summed E-state index contributed by atoms with van der Waals surface area (Å²) in [6.45, 7) is 8.40. The zero-order chi connectivity index (χ0) is 16.6. The van der Waals surface area contributed by atoms with Crippen LogP contribution in [0.3, 0.4) is 0 Å². The SMILES string of the molecule is CCc1nn2c(=O)cc(CSc3c(C)cc(C)cc3C)nc2s1. The second-order valence-corrected chi connectivity index (χ2v) is 7.67. The van der Waals surface area contributed by atoms with Gasteiger partial charge in [0.05, 0.1) is 5.69 Å². The predicted molar refractivity (Wildman–Crippen MR) is 96.7 cm³/mol. The van der Waals surface area contributed by atoms with Gasteiger partial charge in [0.2, 0.25) is 4.96 Å². The Morgan fingerprint density at radius 3 is 2.52 bits per heavy atom. The van der Waals surface area contributed by atoms with E-state index in [0.717, 1.165) is 17.1 Å². The van der Waals surface area contributed by atoms with Crippen molar-refractivity contribution in [3.63, 3.8) is 0 Å². The van der Waals surface area contributed by atoms with E-state index in [0.29, 0.717) is 10.7 Å². The molecule has 2 aromatic heterocycles. The van der Waals surface area contributed by atoms with Gasteiger partial charge < -0.3 is 0 Å². The molecule has 0 atom stereocenters. The predicted octanol–water partition coefficient (Wildman–Crippen LogP) is 3.93. The summed E-state index contributed by atoms with van der Waals surface area (Å²) in [5, 5.41) is 5.22. The van der Waals surface area contributed by atoms with Gasteiger partial charge in [-0.3, -0.25) is 4.79 Å². The van der Waals surface area contributed by atoms with Crippen LogP contribution in [-0.4, -0.2) is 14.6 Å². The summed E-state index contributed by atoms with van der Waals surface area (Å²) in [4.78, 5) is 18.7. The first-order chi connectivity index (χ1) is 11.0. The van der Waals surface area contributed by atoms with Crippen LogP contribution >= 0.6 is 23.1 Å². The molecule has 6 heteroatoms. The van der Waals surface area contributed by atoms with Crippen molar-refractivity contribution < 1.29 is 0 Å². The fraction of sp³-hybridized carbons (Fsp3) is 0.353. The normalized spacial score (nSPS) is 11.3. The van der Waals surface area contributed by atoms with Gasteiger partial charge in [0.1, 0.15) is 5.01 Å². The van der Waals surface area contributed by atoms with Crippen LogP contribution in [0.2, 0.25) is 0 Å². The molecule has 2 heterocycles. The Morgan fingerprint density at radius 1 is 1.17 bits per heavy atom. The molecule has 0 amide bonds. The van der Waals surface area contributed by atoms with E-state index >= 15 is 0 Å². The van der Waals surface area contributed by atoms with Crippen LogP contribution in [0.15, 0.2) is 27.9 Å². The first-order valence-electron chi connectivity index (χ1n) is 7.57. The van der Waals surface area contributed by atoms with Crippen LogP contribution in [0.25, 0.3) is 4.96 Å². The second-order valence-electron chi connectivity index (χ2n) is 5.65. The van der Waals surface area contributed by atoms with Gasteiger partial charge in [-0.2, -0.15) is 9.61 Å². The molecule has 3 aromatic rings.